The van der Waals surface area contributed by atoms with Crippen molar-refractivity contribution in [2.24, 2.45) is 0 Å². The van der Waals surface area contributed by atoms with Crippen LogP contribution in [0, 0.1) is 0 Å². The highest BCUT2D eigenvalue weighted by molar-refractivity contribution is 5.82. The van der Waals surface area contributed by atoms with E-state index in [-0.39, 0.29) is 6.54 Å². The largest absolute Gasteiger partial charge is 0.388 e. The zero-order valence-corrected chi connectivity index (χ0v) is 5.19. The average Bonchev–Trinajstić information content (AvgIpc) is 1.93. The number of hydrogen-bond acceptors (Lipinski definition) is 4. The first-order valence-electron chi connectivity index (χ1n) is 2.95. The lowest BCUT2D eigenvalue weighted by atomic mass is 10.0. The summed E-state index contributed by atoms with van der Waals surface area (Å²) in [5.74, 6) is -0.641. The van der Waals surface area contributed by atoms with E-state index in [0.29, 0.717) is 0 Å². The van der Waals surface area contributed by atoms with Crippen molar-refractivity contribution in [3.63, 3.8) is 0 Å². The molecule has 1 aliphatic heterocycles. The maximum Gasteiger partial charge on any atom is 0.251 e. The number of aliphatic hydroxyl groups excluding tert-OH is 3. The van der Waals surface area contributed by atoms with Crippen molar-refractivity contribution >= 4 is 5.91 Å². The Kier molecular flexibility index (Phi) is 1.89. The lowest BCUT2D eigenvalue weighted by Crippen LogP contribution is -2.57. The summed E-state index contributed by atoms with van der Waals surface area (Å²) < 4.78 is 0. The fourth-order valence-electron chi connectivity index (χ4n) is 0.796. The molecule has 0 aromatic carbocycles. The molecule has 0 aromatic rings. The van der Waals surface area contributed by atoms with E-state index in [1.165, 1.54) is 0 Å². The lowest BCUT2D eigenvalue weighted by Gasteiger charge is -2.27. The molecule has 0 saturated carbocycles. The summed E-state index contributed by atoms with van der Waals surface area (Å²) in [6.45, 7) is -0.00292. The van der Waals surface area contributed by atoms with Gasteiger partial charge in [0.2, 0.25) is 0 Å². The second-order valence-electron chi connectivity index (χ2n) is 2.25. The van der Waals surface area contributed by atoms with E-state index >= 15 is 0 Å². The molecule has 0 radical (unpaired) electrons. The molecule has 0 unspecified atom stereocenters. The first kappa shape index (κ1) is 7.46. The molecule has 58 valence electrons. The molecule has 4 N–H and O–H groups in total. The number of hydrogen-bond donors (Lipinski definition) is 4. The summed E-state index contributed by atoms with van der Waals surface area (Å²) in [5.41, 5.74) is 0. The summed E-state index contributed by atoms with van der Waals surface area (Å²) >= 11 is 0. The smallest absolute Gasteiger partial charge is 0.251 e. The SMILES string of the molecule is O=C1NC[C@H](O)[C@H](O)[C@H]1O. The molecule has 1 heterocycles. The second-order valence-corrected chi connectivity index (χ2v) is 2.25. The van der Waals surface area contributed by atoms with Crippen LogP contribution >= 0.6 is 0 Å². The number of nitrogens with one attached hydrogen (secondary N) is 1. The van der Waals surface area contributed by atoms with E-state index < -0.39 is 24.2 Å². The normalized spacial score (nSPS) is 41.1. The van der Waals surface area contributed by atoms with Gasteiger partial charge in [-0.15, -0.1) is 0 Å². The van der Waals surface area contributed by atoms with Crippen LogP contribution in [0.3, 0.4) is 0 Å². The molecule has 1 fully saturated rings. The van der Waals surface area contributed by atoms with Crippen molar-refractivity contribution in [3.05, 3.63) is 0 Å². The van der Waals surface area contributed by atoms with Crippen LogP contribution < -0.4 is 5.32 Å². The highest BCUT2D eigenvalue weighted by Crippen LogP contribution is 2.04. The average molecular weight is 147 g/mol. The van der Waals surface area contributed by atoms with Crippen molar-refractivity contribution in [1.82, 2.24) is 5.32 Å². The summed E-state index contributed by atoms with van der Waals surface area (Å²) in [4.78, 5) is 10.5. The summed E-state index contributed by atoms with van der Waals surface area (Å²) in [7, 11) is 0. The number of carbonyl (C=O) groups is 1. The molecule has 1 saturated heterocycles. The summed E-state index contributed by atoms with van der Waals surface area (Å²) in [6, 6.07) is 0. The van der Waals surface area contributed by atoms with E-state index in [9.17, 15) is 4.79 Å². The molecule has 1 rings (SSSR count). The summed E-state index contributed by atoms with van der Waals surface area (Å²) in [6.07, 6.45) is -3.91. The van der Waals surface area contributed by atoms with Crippen LogP contribution in [0.25, 0.3) is 0 Å². The summed E-state index contributed by atoms with van der Waals surface area (Å²) in [5, 5.41) is 28.7. The van der Waals surface area contributed by atoms with Crippen molar-refractivity contribution in [1.29, 1.82) is 0 Å². The molecule has 1 amide bonds. The Balaban J connectivity index is 2.60. The fourth-order valence-corrected chi connectivity index (χ4v) is 0.796. The Morgan fingerprint density at radius 2 is 2.00 bits per heavy atom. The van der Waals surface area contributed by atoms with Crippen LogP contribution in [0.2, 0.25) is 0 Å². The molecule has 0 bridgehead atoms. The predicted octanol–water partition coefficient (Wildman–Crippen LogP) is -2.80. The van der Waals surface area contributed by atoms with E-state index in [0.717, 1.165) is 0 Å². The standard InChI is InChI=1S/C5H9NO4/c7-2-1-6-5(10)4(9)3(2)8/h2-4,7-9H,1H2,(H,6,10)/t2-,3-,4+/m0/s1. The van der Waals surface area contributed by atoms with Crippen LogP contribution in [0.4, 0.5) is 0 Å². The minimum absolute atomic E-state index is 0.00292. The van der Waals surface area contributed by atoms with E-state index in [2.05, 4.69) is 5.32 Å². The molecule has 5 nitrogen and oxygen atoms in total. The van der Waals surface area contributed by atoms with Gasteiger partial charge in [-0.25, -0.2) is 0 Å². The Labute approximate surface area is 57.3 Å². The van der Waals surface area contributed by atoms with E-state index in [4.69, 9.17) is 15.3 Å². The van der Waals surface area contributed by atoms with Crippen molar-refractivity contribution < 1.29 is 20.1 Å². The van der Waals surface area contributed by atoms with Crippen molar-refractivity contribution in [3.8, 4) is 0 Å². The zero-order chi connectivity index (χ0) is 7.72. The highest BCUT2D eigenvalue weighted by atomic mass is 16.4. The fraction of sp³-hybridized carbons (Fsp3) is 0.800. The zero-order valence-electron chi connectivity index (χ0n) is 5.19. The number of amides is 1. The van der Waals surface area contributed by atoms with Gasteiger partial charge in [-0.1, -0.05) is 0 Å². The number of β-amino-alcohol motifs (C(OH)–C–C–N with tert-alkyl or cyclic N) is 1. The monoisotopic (exact) mass is 147 g/mol. The molecule has 3 atom stereocenters. The number of aliphatic hydroxyl groups is 3. The Hall–Kier alpha value is -0.650. The third kappa shape index (κ3) is 1.11. The molecule has 10 heavy (non-hydrogen) atoms. The first-order chi connectivity index (χ1) is 4.63. The van der Waals surface area contributed by atoms with Crippen LogP contribution in [0.15, 0.2) is 0 Å². The third-order valence-electron chi connectivity index (χ3n) is 1.47. The van der Waals surface area contributed by atoms with E-state index in [1.807, 2.05) is 0 Å². The van der Waals surface area contributed by atoms with Crippen LogP contribution in [0.1, 0.15) is 0 Å². The number of piperidine rings is 1. The Morgan fingerprint density at radius 1 is 1.40 bits per heavy atom. The van der Waals surface area contributed by atoms with Gasteiger partial charge in [-0.2, -0.15) is 0 Å². The maximum absolute atomic E-state index is 10.5. The van der Waals surface area contributed by atoms with Gasteiger partial charge in [0, 0.05) is 6.54 Å². The number of carbonyl (C=O) groups excluding carboxylic acids is 1. The molecule has 0 aromatic heterocycles. The molecule has 0 aliphatic carbocycles. The molecular weight excluding hydrogens is 138 g/mol. The Morgan fingerprint density at radius 3 is 2.50 bits per heavy atom. The van der Waals surface area contributed by atoms with Gasteiger partial charge >= 0.3 is 0 Å². The lowest BCUT2D eigenvalue weighted by molar-refractivity contribution is -0.148. The second kappa shape index (κ2) is 2.53. The van der Waals surface area contributed by atoms with Crippen LogP contribution in [-0.2, 0) is 4.79 Å². The first-order valence-corrected chi connectivity index (χ1v) is 2.95. The minimum atomic E-state index is -1.50. The van der Waals surface area contributed by atoms with Gasteiger partial charge in [0.25, 0.3) is 5.91 Å². The van der Waals surface area contributed by atoms with E-state index in [1.54, 1.807) is 0 Å². The maximum atomic E-state index is 10.5. The van der Waals surface area contributed by atoms with Gasteiger partial charge in [0.05, 0.1) is 0 Å². The van der Waals surface area contributed by atoms with Gasteiger partial charge < -0.3 is 20.6 Å². The van der Waals surface area contributed by atoms with Crippen LogP contribution in [-0.4, -0.2) is 46.1 Å². The third-order valence-corrected chi connectivity index (χ3v) is 1.47. The van der Waals surface area contributed by atoms with Crippen molar-refractivity contribution in [2.75, 3.05) is 6.54 Å². The van der Waals surface area contributed by atoms with Crippen molar-refractivity contribution in [2.45, 2.75) is 18.3 Å². The quantitative estimate of drug-likeness (QED) is 0.298. The minimum Gasteiger partial charge on any atom is -0.388 e. The molecular formula is C5H9NO4. The van der Waals surface area contributed by atoms with Gasteiger partial charge in [0.1, 0.15) is 12.2 Å². The molecule has 5 heteroatoms. The topological polar surface area (TPSA) is 89.8 Å². The molecule has 1 aliphatic rings. The Bertz CT molecular complexity index is 149. The number of rotatable bonds is 0. The molecule has 0 spiro atoms. The van der Waals surface area contributed by atoms with Gasteiger partial charge in [-0.3, -0.25) is 4.79 Å². The predicted molar refractivity (Wildman–Crippen MR) is 31.0 cm³/mol. The van der Waals surface area contributed by atoms with Gasteiger partial charge in [0.15, 0.2) is 6.10 Å². The highest BCUT2D eigenvalue weighted by Gasteiger charge is 2.34. The van der Waals surface area contributed by atoms with Gasteiger partial charge in [-0.05, 0) is 0 Å². The van der Waals surface area contributed by atoms with Crippen LogP contribution in [0.5, 0.6) is 0 Å².